The molecular weight excluding hydrogens is 128 g/mol. The SMILES string of the molecule is C[C@H]1CC[C@@H](OC=O)CC1. The van der Waals surface area contributed by atoms with Gasteiger partial charge in [0.25, 0.3) is 6.47 Å². The van der Waals surface area contributed by atoms with Gasteiger partial charge >= 0.3 is 0 Å². The molecule has 0 amide bonds. The summed E-state index contributed by atoms with van der Waals surface area (Å²) in [6.07, 6.45) is 4.74. The summed E-state index contributed by atoms with van der Waals surface area (Å²) in [5.41, 5.74) is 0. The number of carbonyl (C=O) groups excluding carboxylic acids is 1. The number of hydrogen-bond donors (Lipinski definition) is 0. The molecule has 1 fully saturated rings. The molecule has 0 heterocycles. The Morgan fingerprint density at radius 2 is 1.90 bits per heavy atom. The lowest BCUT2D eigenvalue weighted by atomic mass is 9.89. The third-order valence-electron chi connectivity index (χ3n) is 2.21. The Labute approximate surface area is 61.6 Å². The van der Waals surface area contributed by atoms with Crippen LogP contribution in [-0.2, 0) is 9.53 Å². The Bertz CT molecular complexity index is 104. The standard InChI is InChI=1S/C8H14O2/c1-7-2-4-8(5-3-7)10-6-9/h6-8H,2-5H2,1H3/t7-,8+. The molecule has 0 bridgehead atoms. The average molecular weight is 142 g/mol. The van der Waals surface area contributed by atoms with E-state index in [2.05, 4.69) is 6.92 Å². The van der Waals surface area contributed by atoms with E-state index in [1.807, 2.05) is 0 Å². The first-order valence-electron chi connectivity index (χ1n) is 3.92. The van der Waals surface area contributed by atoms with Crippen molar-refractivity contribution in [3.8, 4) is 0 Å². The minimum atomic E-state index is 0.216. The molecule has 58 valence electrons. The number of ether oxygens (including phenoxy) is 1. The van der Waals surface area contributed by atoms with Crippen molar-refractivity contribution in [2.24, 2.45) is 5.92 Å². The predicted octanol–water partition coefficient (Wildman–Crippen LogP) is 1.74. The predicted molar refractivity (Wildman–Crippen MR) is 38.6 cm³/mol. The zero-order chi connectivity index (χ0) is 7.40. The Kier molecular flexibility index (Phi) is 2.72. The normalized spacial score (nSPS) is 33.3. The maximum absolute atomic E-state index is 9.93. The molecule has 0 N–H and O–H groups in total. The van der Waals surface area contributed by atoms with Gasteiger partial charge in [0, 0.05) is 0 Å². The second kappa shape index (κ2) is 3.59. The van der Waals surface area contributed by atoms with Gasteiger partial charge < -0.3 is 4.74 Å². The summed E-state index contributed by atoms with van der Waals surface area (Å²) in [4.78, 5) is 9.93. The number of carbonyl (C=O) groups is 1. The topological polar surface area (TPSA) is 26.3 Å². The van der Waals surface area contributed by atoms with Gasteiger partial charge in [-0.05, 0) is 31.6 Å². The van der Waals surface area contributed by atoms with E-state index in [0.29, 0.717) is 6.47 Å². The quantitative estimate of drug-likeness (QED) is 0.549. The first-order valence-corrected chi connectivity index (χ1v) is 3.92. The molecule has 10 heavy (non-hydrogen) atoms. The van der Waals surface area contributed by atoms with Gasteiger partial charge in [-0.2, -0.15) is 0 Å². The number of rotatable bonds is 2. The molecular formula is C8H14O2. The molecule has 0 aromatic carbocycles. The van der Waals surface area contributed by atoms with Gasteiger partial charge in [0.15, 0.2) is 0 Å². The van der Waals surface area contributed by atoms with Crippen molar-refractivity contribution in [2.75, 3.05) is 0 Å². The summed E-state index contributed by atoms with van der Waals surface area (Å²) in [6, 6.07) is 0. The van der Waals surface area contributed by atoms with E-state index in [4.69, 9.17) is 4.74 Å². The van der Waals surface area contributed by atoms with Crippen LogP contribution in [0.4, 0.5) is 0 Å². The molecule has 2 nitrogen and oxygen atoms in total. The monoisotopic (exact) mass is 142 g/mol. The lowest BCUT2D eigenvalue weighted by Gasteiger charge is -2.24. The third-order valence-corrected chi connectivity index (χ3v) is 2.21. The van der Waals surface area contributed by atoms with Crippen LogP contribution in [0.15, 0.2) is 0 Å². The highest BCUT2D eigenvalue weighted by Gasteiger charge is 2.18. The lowest BCUT2D eigenvalue weighted by molar-refractivity contribution is -0.135. The highest BCUT2D eigenvalue weighted by atomic mass is 16.5. The summed E-state index contributed by atoms with van der Waals surface area (Å²) in [6.45, 7) is 2.82. The molecule has 0 spiro atoms. The van der Waals surface area contributed by atoms with Crippen LogP contribution >= 0.6 is 0 Å². The minimum Gasteiger partial charge on any atom is -0.465 e. The van der Waals surface area contributed by atoms with Crippen molar-refractivity contribution in [1.82, 2.24) is 0 Å². The Morgan fingerprint density at radius 1 is 1.30 bits per heavy atom. The highest BCUT2D eigenvalue weighted by molar-refractivity contribution is 5.37. The maximum atomic E-state index is 9.93. The van der Waals surface area contributed by atoms with Crippen LogP contribution in [0.5, 0.6) is 0 Å². The molecule has 1 aliphatic carbocycles. The first kappa shape index (κ1) is 7.58. The molecule has 0 saturated heterocycles. The van der Waals surface area contributed by atoms with E-state index in [1.54, 1.807) is 0 Å². The summed E-state index contributed by atoms with van der Waals surface area (Å²) >= 11 is 0. The van der Waals surface area contributed by atoms with Gasteiger partial charge in [0.2, 0.25) is 0 Å². The smallest absolute Gasteiger partial charge is 0.293 e. The van der Waals surface area contributed by atoms with Crippen LogP contribution in [0.2, 0.25) is 0 Å². The largest absolute Gasteiger partial charge is 0.465 e. The second-order valence-corrected chi connectivity index (χ2v) is 3.11. The van der Waals surface area contributed by atoms with Crippen molar-refractivity contribution in [1.29, 1.82) is 0 Å². The van der Waals surface area contributed by atoms with E-state index >= 15 is 0 Å². The average Bonchev–Trinajstić information content (AvgIpc) is 1.95. The van der Waals surface area contributed by atoms with E-state index in [1.165, 1.54) is 12.8 Å². The first-order chi connectivity index (χ1) is 4.83. The van der Waals surface area contributed by atoms with Crippen LogP contribution in [0.1, 0.15) is 32.6 Å². The van der Waals surface area contributed by atoms with Crippen LogP contribution in [0.25, 0.3) is 0 Å². The molecule has 0 aliphatic heterocycles. The molecule has 0 aromatic rings. The summed E-state index contributed by atoms with van der Waals surface area (Å²) in [7, 11) is 0. The van der Waals surface area contributed by atoms with Gasteiger partial charge in [0.1, 0.15) is 6.10 Å². The fourth-order valence-electron chi connectivity index (χ4n) is 1.44. The van der Waals surface area contributed by atoms with Gasteiger partial charge in [-0.1, -0.05) is 6.92 Å². The zero-order valence-electron chi connectivity index (χ0n) is 6.38. The van der Waals surface area contributed by atoms with E-state index in [-0.39, 0.29) is 6.10 Å². The molecule has 0 unspecified atom stereocenters. The van der Waals surface area contributed by atoms with Gasteiger partial charge in [-0.15, -0.1) is 0 Å². The van der Waals surface area contributed by atoms with E-state index in [9.17, 15) is 4.79 Å². The van der Waals surface area contributed by atoms with Gasteiger partial charge in [0.05, 0.1) is 0 Å². The Balaban J connectivity index is 2.19. The fourth-order valence-corrected chi connectivity index (χ4v) is 1.44. The molecule has 0 atom stereocenters. The van der Waals surface area contributed by atoms with E-state index < -0.39 is 0 Å². The summed E-state index contributed by atoms with van der Waals surface area (Å²) in [5, 5.41) is 0. The lowest BCUT2D eigenvalue weighted by Crippen LogP contribution is -2.19. The third kappa shape index (κ3) is 2.01. The molecule has 1 rings (SSSR count). The van der Waals surface area contributed by atoms with Crippen molar-refractivity contribution in [2.45, 2.75) is 38.7 Å². The van der Waals surface area contributed by atoms with Crippen molar-refractivity contribution < 1.29 is 9.53 Å². The zero-order valence-corrected chi connectivity index (χ0v) is 6.38. The van der Waals surface area contributed by atoms with E-state index in [0.717, 1.165) is 18.8 Å². The summed E-state index contributed by atoms with van der Waals surface area (Å²) < 4.78 is 4.85. The Morgan fingerprint density at radius 3 is 2.40 bits per heavy atom. The van der Waals surface area contributed by atoms with Crippen LogP contribution < -0.4 is 0 Å². The van der Waals surface area contributed by atoms with Crippen molar-refractivity contribution >= 4 is 6.47 Å². The van der Waals surface area contributed by atoms with Gasteiger partial charge in [-0.3, -0.25) is 4.79 Å². The fraction of sp³-hybridized carbons (Fsp3) is 0.875. The second-order valence-electron chi connectivity index (χ2n) is 3.11. The van der Waals surface area contributed by atoms with Crippen LogP contribution in [0, 0.1) is 5.92 Å². The molecule has 2 heteroatoms. The molecule has 0 radical (unpaired) electrons. The van der Waals surface area contributed by atoms with Crippen molar-refractivity contribution in [3.63, 3.8) is 0 Å². The Hall–Kier alpha value is -0.530. The maximum Gasteiger partial charge on any atom is 0.293 e. The molecule has 0 aromatic heterocycles. The molecule has 1 saturated carbocycles. The minimum absolute atomic E-state index is 0.216. The van der Waals surface area contributed by atoms with Crippen LogP contribution in [0.3, 0.4) is 0 Å². The van der Waals surface area contributed by atoms with Gasteiger partial charge in [-0.25, -0.2) is 0 Å². The number of hydrogen-bond acceptors (Lipinski definition) is 2. The highest BCUT2D eigenvalue weighted by Crippen LogP contribution is 2.24. The molecule has 1 aliphatic rings. The summed E-state index contributed by atoms with van der Waals surface area (Å²) in [5.74, 6) is 0.825. The van der Waals surface area contributed by atoms with Crippen molar-refractivity contribution in [3.05, 3.63) is 0 Å². The van der Waals surface area contributed by atoms with Crippen LogP contribution in [-0.4, -0.2) is 12.6 Å².